The first-order valence-corrected chi connectivity index (χ1v) is 27.9. The zero-order chi connectivity index (χ0) is 53.8. The van der Waals surface area contributed by atoms with Crippen LogP contribution in [0.3, 0.4) is 0 Å². The highest BCUT2D eigenvalue weighted by atomic mass is 35.5. The van der Waals surface area contributed by atoms with Gasteiger partial charge in [0, 0.05) is 26.6 Å². The molecule has 0 amide bonds. The highest BCUT2D eigenvalue weighted by Gasteiger charge is 2.38. The molecular weight excluding hydrogens is 1060 g/mol. The lowest BCUT2D eigenvalue weighted by Crippen LogP contribution is -2.29. The first-order chi connectivity index (χ1) is 33.8. The molecule has 0 aromatic carbocycles. The lowest BCUT2D eigenvalue weighted by Gasteiger charge is -2.26. The van der Waals surface area contributed by atoms with E-state index in [9.17, 15) is 37.5 Å². The molecule has 0 aliphatic heterocycles. The van der Waals surface area contributed by atoms with E-state index in [0.717, 1.165) is 109 Å². The van der Waals surface area contributed by atoms with Crippen molar-refractivity contribution in [2.45, 2.75) is 168 Å². The number of carbonyl (C=O) groups is 6. The summed E-state index contributed by atoms with van der Waals surface area (Å²) in [5.74, 6) is -2.47. The minimum absolute atomic E-state index is 0.00144. The maximum absolute atomic E-state index is 12.6. The van der Waals surface area contributed by atoms with Crippen LogP contribution in [0.15, 0.2) is 0 Å². The third kappa shape index (κ3) is 31.1. The van der Waals surface area contributed by atoms with Crippen molar-refractivity contribution in [3.63, 3.8) is 0 Å². The van der Waals surface area contributed by atoms with E-state index in [2.05, 4.69) is 23.3 Å². The van der Waals surface area contributed by atoms with Crippen molar-refractivity contribution < 1.29 is 75.8 Å². The van der Waals surface area contributed by atoms with Gasteiger partial charge in [-0.1, -0.05) is 110 Å². The summed E-state index contributed by atoms with van der Waals surface area (Å²) in [6.07, 6.45) is 15.6. The van der Waals surface area contributed by atoms with Gasteiger partial charge < -0.3 is 38.3 Å². The summed E-state index contributed by atoms with van der Waals surface area (Å²) >= 11 is 31.5. The Morgan fingerprint density at radius 1 is 0.549 bits per heavy atom. The van der Waals surface area contributed by atoms with Crippen LogP contribution in [0, 0.1) is 53.3 Å². The molecule has 0 radical (unpaired) electrons. The molecule has 0 aromatic rings. The van der Waals surface area contributed by atoms with Crippen molar-refractivity contribution >= 4 is 105 Å². The van der Waals surface area contributed by atoms with Crippen molar-refractivity contribution in [2.75, 3.05) is 50.1 Å². The van der Waals surface area contributed by atoms with Gasteiger partial charge in [0.15, 0.2) is 36.4 Å². The molecule has 5 rings (SSSR count). The number of aliphatic hydroxyl groups is 1. The quantitative estimate of drug-likeness (QED) is 0.0926. The number of methoxy groups -OCH3 is 1. The number of rotatable bonds is 15. The van der Waals surface area contributed by atoms with E-state index < -0.39 is 17.8 Å². The number of esters is 6. The van der Waals surface area contributed by atoms with Gasteiger partial charge in [0.1, 0.15) is 0 Å². The Hall–Kier alpha value is -1.66. The Morgan fingerprint density at radius 3 is 1.35 bits per heavy atom. The number of halogens is 8. The van der Waals surface area contributed by atoms with Crippen molar-refractivity contribution in [3.05, 3.63) is 0 Å². The molecular formula is C49H80Cl6F2O14. The number of ether oxygens (including phenoxy) is 7. The molecule has 0 spiro atoms. The van der Waals surface area contributed by atoms with E-state index in [4.69, 9.17) is 98.4 Å². The normalized spacial score (nSPS) is 25.9. The molecule has 3 unspecified atom stereocenters. The van der Waals surface area contributed by atoms with Crippen LogP contribution in [-0.2, 0) is 61.9 Å². The van der Waals surface area contributed by atoms with Crippen molar-refractivity contribution in [2.24, 2.45) is 53.3 Å². The highest BCUT2D eigenvalue weighted by Crippen LogP contribution is 2.37. The van der Waals surface area contributed by atoms with Crippen LogP contribution in [0.25, 0.3) is 0 Å². The molecule has 5 saturated carbocycles. The topological polar surface area (TPSA) is 187 Å². The molecule has 0 saturated heterocycles. The fraction of sp³-hybridized carbons (Fsp3) is 0.878. The molecule has 0 heterocycles. The maximum Gasteiger partial charge on any atom is 0.310 e. The predicted octanol–water partition coefficient (Wildman–Crippen LogP) is 12.5. The van der Waals surface area contributed by atoms with Gasteiger partial charge in [-0.3, -0.25) is 28.8 Å². The standard InChI is InChI=1S/2C9H15ClO3.C9H15ClO2.C8H11ClF2O2.C8H13ClO2.C6H11ClO2/c1-12-8-4-2-3-7(5-8)9(11)13-6-10;10-6-13-9(12)8-3-1-7(5-11)2-4-8;1-7-2-4-8(5-3-7)9(11)12-6-10;9-5-13-7(12)6-1-3-8(10,11)4-2-6;1-6-3-2-4-7(6)8(10)11-5-9;1-3-5(2)6(8)9-4-7/h7-8H,2-6H2,1H3;7-8,11H,1-6H2;7-8H,2-6H2,1H3;6H,1-5H2;6-7H,2-5H2,1H3;5H,3-4H2,1-2H3/t;;;;6-,7?;5-/m....11/s1. The van der Waals surface area contributed by atoms with Crippen molar-refractivity contribution in [1.82, 2.24) is 0 Å². The molecule has 5 aliphatic carbocycles. The summed E-state index contributed by atoms with van der Waals surface area (Å²) in [6.45, 7) is 8.29. The fourth-order valence-corrected chi connectivity index (χ4v) is 9.28. The van der Waals surface area contributed by atoms with Crippen LogP contribution in [0.1, 0.15) is 156 Å². The predicted molar refractivity (Wildman–Crippen MR) is 270 cm³/mol. The smallest absolute Gasteiger partial charge is 0.310 e. The molecule has 416 valence electrons. The van der Waals surface area contributed by atoms with Crippen LogP contribution in [0.5, 0.6) is 0 Å². The number of alkyl halides is 8. The lowest BCUT2D eigenvalue weighted by atomic mass is 9.82. The lowest BCUT2D eigenvalue weighted by molar-refractivity contribution is -0.151. The number of hydrogen-bond acceptors (Lipinski definition) is 14. The van der Waals surface area contributed by atoms with Gasteiger partial charge >= 0.3 is 35.8 Å². The van der Waals surface area contributed by atoms with Gasteiger partial charge in [-0.15, -0.1) is 0 Å². The Labute approximate surface area is 450 Å². The molecule has 5 aliphatic rings. The average Bonchev–Trinajstić information content (AvgIpc) is 3.81. The SMILES string of the molecule is CC1CCC(C(=O)OCCl)CC1.CC[C@@H](C)C(=O)OCCl.COC1CCCC(C(=O)OCCl)C1.C[C@@H]1CCCC1C(=O)OCCl.O=C(OCCl)C1CCC(CO)CC1.O=C(OCCl)C1CCC(F)(F)CC1. The molecule has 1 N–H and O–H groups in total. The Kier molecular flexibility index (Phi) is 40.6. The molecule has 0 aromatic heterocycles. The van der Waals surface area contributed by atoms with Crippen LogP contribution in [0.4, 0.5) is 8.78 Å². The number of aliphatic hydroxyl groups excluding tert-OH is 1. The first-order valence-electron chi connectivity index (χ1n) is 24.7. The monoisotopic (exact) mass is 1140 g/mol. The van der Waals surface area contributed by atoms with Crippen molar-refractivity contribution in [3.8, 4) is 0 Å². The van der Waals surface area contributed by atoms with Gasteiger partial charge in [0.25, 0.3) is 0 Å². The van der Waals surface area contributed by atoms with Gasteiger partial charge in [0.2, 0.25) is 5.92 Å². The second kappa shape index (κ2) is 41.6. The second-order valence-electron chi connectivity index (χ2n) is 18.5. The summed E-state index contributed by atoms with van der Waals surface area (Å²) in [4.78, 5) is 66.6. The Morgan fingerprint density at radius 2 is 0.958 bits per heavy atom. The molecule has 14 nitrogen and oxygen atoms in total. The zero-order valence-corrected chi connectivity index (χ0v) is 46.7. The third-order valence-electron chi connectivity index (χ3n) is 13.5. The van der Waals surface area contributed by atoms with Gasteiger partial charge in [-0.05, 0) is 120 Å². The van der Waals surface area contributed by atoms with E-state index in [-0.39, 0.29) is 134 Å². The van der Waals surface area contributed by atoms with Crippen LogP contribution in [-0.4, -0.2) is 103 Å². The van der Waals surface area contributed by atoms with E-state index in [1.807, 2.05) is 13.8 Å². The Balaban J connectivity index is 0.000000832. The molecule has 71 heavy (non-hydrogen) atoms. The largest absolute Gasteiger partial charge is 0.449 e. The summed E-state index contributed by atoms with van der Waals surface area (Å²) in [7, 11) is 1.68. The van der Waals surface area contributed by atoms with E-state index in [1.54, 1.807) is 7.11 Å². The van der Waals surface area contributed by atoms with E-state index >= 15 is 0 Å². The van der Waals surface area contributed by atoms with E-state index in [1.165, 1.54) is 0 Å². The van der Waals surface area contributed by atoms with Crippen molar-refractivity contribution in [1.29, 1.82) is 0 Å². The van der Waals surface area contributed by atoms with Gasteiger partial charge in [0.05, 0.1) is 41.6 Å². The molecule has 0 bridgehead atoms. The van der Waals surface area contributed by atoms with Gasteiger partial charge in [-0.2, -0.15) is 0 Å². The fourth-order valence-electron chi connectivity index (χ4n) is 8.63. The first kappa shape index (κ1) is 69.3. The summed E-state index contributed by atoms with van der Waals surface area (Å²) in [5, 5.41) is 8.88. The average molecular weight is 1140 g/mol. The highest BCUT2D eigenvalue weighted by molar-refractivity contribution is 6.18. The second-order valence-corrected chi connectivity index (χ2v) is 19.8. The summed E-state index contributed by atoms with van der Waals surface area (Å²) in [5.41, 5.74) is 0. The van der Waals surface area contributed by atoms with E-state index in [0.29, 0.717) is 11.8 Å². The Bertz CT molecular complexity index is 1460. The molecule has 5 atom stereocenters. The third-order valence-corrected chi connectivity index (χ3v) is 14.1. The minimum atomic E-state index is -2.60. The maximum atomic E-state index is 12.6. The number of hydrogen-bond donors (Lipinski definition) is 1. The number of carbonyl (C=O) groups excluding carboxylic acids is 6. The summed E-state index contributed by atoms with van der Waals surface area (Å²) in [6, 6.07) is -0.367. The van der Waals surface area contributed by atoms with Crippen LogP contribution in [0.2, 0.25) is 0 Å². The molecule has 22 heteroatoms. The van der Waals surface area contributed by atoms with Gasteiger partial charge in [-0.25, -0.2) is 8.78 Å². The summed E-state index contributed by atoms with van der Waals surface area (Å²) < 4.78 is 58.5. The van der Waals surface area contributed by atoms with Crippen LogP contribution >= 0.6 is 69.6 Å². The minimum Gasteiger partial charge on any atom is -0.449 e. The molecule has 5 fully saturated rings. The van der Waals surface area contributed by atoms with Crippen LogP contribution < -0.4 is 0 Å². The zero-order valence-electron chi connectivity index (χ0n) is 42.1.